The summed E-state index contributed by atoms with van der Waals surface area (Å²) in [4.78, 5) is 14.0. The molecule has 1 amide bonds. The predicted molar refractivity (Wildman–Crippen MR) is 74.9 cm³/mol. The molecule has 3 nitrogen and oxygen atoms in total. The maximum atomic E-state index is 12.2. The summed E-state index contributed by atoms with van der Waals surface area (Å²) in [6.45, 7) is 3.79. The van der Waals surface area contributed by atoms with Crippen LogP contribution in [0.1, 0.15) is 15.9 Å². The molecular weight excluding hydrogens is 304 g/mol. The van der Waals surface area contributed by atoms with Gasteiger partial charge < -0.3 is 10.2 Å². The molecular formula is C12H16BrClN2O. The van der Waals surface area contributed by atoms with Crippen molar-refractivity contribution in [2.75, 3.05) is 20.1 Å². The third kappa shape index (κ3) is 3.21. The zero-order valence-corrected chi connectivity index (χ0v) is 12.3. The molecule has 1 saturated heterocycles. The summed E-state index contributed by atoms with van der Waals surface area (Å²) in [7, 11) is 1.87. The highest BCUT2D eigenvalue weighted by Crippen LogP contribution is 2.17. The van der Waals surface area contributed by atoms with Gasteiger partial charge in [0.2, 0.25) is 0 Å². The van der Waals surface area contributed by atoms with E-state index in [9.17, 15) is 4.79 Å². The van der Waals surface area contributed by atoms with Gasteiger partial charge in [-0.2, -0.15) is 0 Å². The molecule has 1 aromatic carbocycles. The molecule has 1 aliphatic heterocycles. The van der Waals surface area contributed by atoms with E-state index in [-0.39, 0.29) is 18.3 Å². The van der Waals surface area contributed by atoms with Crippen LogP contribution in [-0.2, 0) is 0 Å². The van der Waals surface area contributed by atoms with E-state index >= 15 is 0 Å². The number of hydrogen-bond donors (Lipinski definition) is 1. The number of likely N-dealkylation sites (N-methyl/N-ethyl adjacent to an activating group) is 1. The molecule has 0 atom stereocenters. The van der Waals surface area contributed by atoms with E-state index in [2.05, 4.69) is 21.2 Å². The molecule has 1 heterocycles. The van der Waals surface area contributed by atoms with E-state index in [1.165, 1.54) is 0 Å². The fourth-order valence-corrected chi connectivity index (χ4v) is 2.38. The second-order valence-electron chi connectivity index (χ2n) is 4.25. The van der Waals surface area contributed by atoms with Crippen molar-refractivity contribution in [1.29, 1.82) is 0 Å². The number of hydrogen-bond acceptors (Lipinski definition) is 2. The fourth-order valence-electron chi connectivity index (χ4n) is 1.78. The highest BCUT2D eigenvalue weighted by Gasteiger charge is 2.26. The zero-order valence-electron chi connectivity index (χ0n) is 9.87. The lowest BCUT2D eigenvalue weighted by atomic mass is 10.1. The number of carbonyl (C=O) groups is 1. The third-order valence-electron chi connectivity index (χ3n) is 2.92. The van der Waals surface area contributed by atoms with Crippen molar-refractivity contribution in [3.8, 4) is 0 Å². The average Bonchev–Trinajstić information content (AvgIpc) is 2.12. The molecule has 0 unspecified atom stereocenters. The van der Waals surface area contributed by atoms with Crippen molar-refractivity contribution in [2.24, 2.45) is 0 Å². The Morgan fingerprint density at radius 2 is 2.06 bits per heavy atom. The number of rotatable bonds is 2. The van der Waals surface area contributed by atoms with Crippen molar-refractivity contribution in [1.82, 2.24) is 10.2 Å². The quantitative estimate of drug-likeness (QED) is 0.906. The number of nitrogens with one attached hydrogen (secondary N) is 1. The van der Waals surface area contributed by atoms with Gasteiger partial charge in [-0.3, -0.25) is 4.79 Å². The molecule has 5 heteroatoms. The summed E-state index contributed by atoms with van der Waals surface area (Å²) >= 11 is 3.42. The van der Waals surface area contributed by atoms with Gasteiger partial charge in [-0.25, -0.2) is 0 Å². The van der Waals surface area contributed by atoms with Crippen LogP contribution in [0.25, 0.3) is 0 Å². The van der Waals surface area contributed by atoms with Gasteiger partial charge in [0.05, 0.1) is 6.04 Å². The molecule has 94 valence electrons. The standard InChI is InChI=1S/C12H15BrN2O.ClH/c1-8-3-9(5-10(13)4-8)12(16)15(2)11-6-14-7-11;/h3-5,11,14H,6-7H2,1-2H3;1H. The van der Waals surface area contributed by atoms with E-state index in [1.54, 1.807) is 0 Å². The Morgan fingerprint density at radius 1 is 1.41 bits per heavy atom. The monoisotopic (exact) mass is 318 g/mol. The second kappa shape index (κ2) is 5.85. The zero-order chi connectivity index (χ0) is 11.7. The first-order valence-corrected chi connectivity index (χ1v) is 6.12. The maximum Gasteiger partial charge on any atom is 0.253 e. The van der Waals surface area contributed by atoms with Crippen molar-refractivity contribution in [3.05, 3.63) is 33.8 Å². The first-order chi connectivity index (χ1) is 7.58. The van der Waals surface area contributed by atoms with E-state index in [1.807, 2.05) is 37.1 Å². The van der Waals surface area contributed by atoms with Gasteiger partial charge in [0.25, 0.3) is 5.91 Å². The largest absolute Gasteiger partial charge is 0.336 e. The van der Waals surface area contributed by atoms with E-state index in [0.29, 0.717) is 6.04 Å². The Kier molecular flexibility index (Phi) is 4.98. The lowest BCUT2D eigenvalue weighted by Crippen LogP contribution is -2.57. The fraction of sp³-hybridized carbons (Fsp3) is 0.417. The molecule has 2 rings (SSSR count). The van der Waals surface area contributed by atoms with Crippen LogP contribution >= 0.6 is 28.3 Å². The van der Waals surface area contributed by atoms with Crippen LogP contribution in [0.2, 0.25) is 0 Å². The molecule has 1 N–H and O–H groups in total. The molecule has 0 spiro atoms. The van der Waals surface area contributed by atoms with Crippen molar-refractivity contribution in [2.45, 2.75) is 13.0 Å². The minimum Gasteiger partial charge on any atom is -0.336 e. The van der Waals surface area contributed by atoms with E-state index in [0.717, 1.165) is 28.7 Å². The number of nitrogens with zero attached hydrogens (tertiary/aromatic N) is 1. The maximum absolute atomic E-state index is 12.2. The first-order valence-electron chi connectivity index (χ1n) is 5.33. The molecule has 0 aliphatic carbocycles. The van der Waals surface area contributed by atoms with Crippen molar-refractivity contribution in [3.63, 3.8) is 0 Å². The van der Waals surface area contributed by atoms with Crippen LogP contribution in [-0.4, -0.2) is 37.0 Å². The Hall–Kier alpha value is -0.580. The highest BCUT2D eigenvalue weighted by atomic mass is 79.9. The summed E-state index contributed by atoms with van der Waals surface area (Å²) in [5, 5.41) is 3.17. The Labute approximate surface area is 116 Å². The third-order valence-corrected chi connectivity index (χ3v) is 3.37. The van der Waals surface area contributed by atoms with Crippen LogP contribution in [0.15, 0.2) is 22.7 Å². The summed E-state index contributed by atoms with van der Waals surface area (Å²) in [6, 6.07) is 6.14. The van der Waals surface area contributed by atoms with Crippen LogP contribution in [0, 0.1) is 6.92 Å². The molecule has 0 aromatic heterocycles. The summed E-state index contributed by atoms with van der Waals surface area (Å²) in [5.74, 6) is 0.0934. The minimum absolute atomic E-state index is 0. The van der Waals surface area contributed by atoms with Gasteiger partial charge in [-0.1, -0.05) is 15.9 Å². The second-order valence-corrected chi connectivity index (χ2v) is 5.16. The number of benzene rings is 1. The van der Waals surface area contributed by atoms with Crippen LogP contribution in [0.3, 0.4) is 0 Å². The Morgan fingerprint density at radius 3 is 2.53 bits per heavy atom. The van der Waals surface area contributed by atoms with Crippen LogP contribution in [0.4, 0.5) is 0 Å². The Bertz CT molecular complexity index is 401. The van der Waals surface area contributed by atoms with Crippen molar-refractivity contribution >= 4 is 34.2 Å². The lowest BCUT2D eigenvalue weighted by Gasteiger charge is -2.35. The Balaban J connectivity index is 0.00000144. The topological polar surface area (TPSA) is 32.3 Å². The van der Waals surface area contributed by atoms with Crippen LogP contribution < -0.4 is 5.32 Å². The molecule has 1 fully saturated rings. The van der Waals surface area contributed by atoms with Gasteiger partial charge in [0, 0.05) is 30.2 Å². The highest BCUT2D eigenvalue weighted by molar-refractivity contribution is 9.10. The number of aryl methyl sites for hydroxylation is 1. The lowest BCUT2D eigenvalue weighted by molar-refractivity contribution is 0.0681. The van der Waals surface area contributed by atoms with E-state index < -0.39 is 0 Å². The van der Waals surface area contributed by atoms with Crippen molar-refractivity contribution < 1.29 is 4.79 Å². The average molecular weight is 320 g/mol. The van der Waals surface area contributed by atoms with Gasteiger partial charge in [0.1, 0.15) is 0 Å². The van der Waals surface area contributed by atoms with Crippen LogP contribution in [0.5, 0.6) is 0 Å². The minimum atomic E-state index is 0. The van der Waals surface area contributed by atoms with Gasteiger partial charge in [-0.15, -0.1) is 12.4 Å². The smallest absolute Gasteiger partial charge is 0.253 e. The van der Waals surface area contributed by atoms with E-state index in [4.69, 9.17) is 0 Å². The predicted octanol–water partition coefficient (Wildman–Crippen LogP) is 2.22. The number of amides is 1. The van der Waals surface area contributed by atoms with Gasteiger partial charge >= 0.3 is 0 Å². The summed E-state index contributed by atoms with van der Waals surface area (Å²) in [5.41, 5.74) is 1.85. The van der Waals surface area contributed by atoms with Gasteiger partial charge in [0.15, 0.2) is 0 Å². The molecule has 1 aliphatic rings. The van der Waals surface area contributed by atoms with Gasteiger partial charge in [-0.05, 0) is 30.7 Å². The molecule has 17 heavy (non-hydrogen) atoms. The summed E-state index contributed by atoms with van der Waals surface area (Å²) in [6.07, 6.45) is 0. The molecule has 0 saturated carbocycles. The molecule has 0 radical (unpaired) electrons. The summed E-state index contributed by atoms with van der Waals surface area (Å²) < 4.78 is 0.955. The first kappa shape index (κ1) is 14.5. The number of carbonyl (C=O) groups excluding carboxylic acids is 1. The normalized spacial score (nSPS) is 14.8. The number of halogens is 2. The molecule has 0 bridgehead atoms. The molecule has 1 aromatic rings. The SMILES string of the molecule is Cc1cc(Br)cc(C(=O)N(C)C2CNC2)c1.Cl.